The molecule has 1 saturated heterocycles. The van der Waals surface area contributed by atoms with Crippen LogP contribution < -0.4 is 9.47 Å². The van der Waals surface area contributed by atoms with E-state index in [4.69, 9.17) is 21.1 Å². The van der Waals surface area contributed by atoms with Crippen LogP contribution in [0.5, 0.6) is 11.5 Å². The summed E-state index contributed by atoms with van der Waals surface area (Å²) in [7, 11) is 0. The number of fused-ring (bicyclic) bond motifs is 1. The Morgan fingerprint density at radius 2 is 1.72 bits per heavy atom. The third-order valence-corrected chi connectivity index (χ3v) is 5.72. The predicted molar refractivity (Wildman–Crippen MR) is 111 cm³/mol. The Hall–Kier alpha value is -2.53. The predicted octanol–water partition coefficient (Wildman–Crippen LogP) is 4.83. The molecule has 2 aromatic carbocycles. The van der Waals surface area contributed by atoms with Crippen molar-refractivity contribution in [1.82, 2.24) is 4.90 Å². The lowest BCUT2D eigenvalue weighted by atomic mass is 10.0. The highest BCUT2D eigenvalue weighted by Gasteiger charge is 2.30. The summed E-state index contributed by atoms with van der Waals surface area (Å²) in [5.74, 6) is 1.22. The quantitative estimate of drug-likeness (QED) is 0.659. The van der Waals surface area contributed by atoms with Crippen molar-refractivity contribution in [3.63, 3.8) is 0 Å². The first-order valence-electron chi connectivity index (χ1n) is 10.1. The molecule has 0 saturated carbocycles. The van der Waals surface area contributed by atoms with Crippen LogP contribution in [0.4, 0.5) is 0 Å². The van der Waals surface area contributed by atoms with E-state index in [1.165, 1.54) is 0 Å². The van der Waals surface area contributed by atoms with Crippen molar-refractivity contribution < 1.29 is 19.1 Å². The van der Waals surface area contributed by atoms with Gasteiger partial charge >= 0.3 is 0 Å². The Kier molecular flexibility index (Phi) is 6.05. The van der Waals surface area contributed by atoms with E-state index in [9.17, 15) is 9.59 Å². The van der Waals surface area contributed by atoms with Gasteiger partial charge in [0.25, 0.3) is 0 Å². The summed E-state index contributed by atoms with van der Waals surface area (Å²) in [5.41, 5.74) is 1.65. The molecule has 152 valence electrons. The fraction of sp³-hybridized carbons (Fsp3) is 0.391. The normalized spacial score (nSPS) is 18.4. The first-order valence-corrected chi connectivity index (χ1v) is 10.5. The van der Waals surface area contributed by atoms with Crippen molar-refractivity contribution in [3.05, 3.63) is 58.6 Å². The lowest BCUT2D eigenvalue weighted by molar-refractivity contribution is -0.132. The molecule has 0 spiro atoms. The van der Waals surface area contributed by atoms with Crippen molar-refractivity contribution in [2.45, 2.75) is 38.1 Å². The van der Waals surface area contributed by atoms with Gasteiger partial charge in [0, 0.05) is 36.4 Å². The average Bonchev–Trinajstić information content (AvgIpc) is 3.11. The van der Waals surface area contributed by atoms with Crippen molar-refractivity contribution in [2.75, 3.05) is 19.8 Å². The van der Waals surface area contributed by atoms with Crippen molar-refractivity contribution in [3.8, 4) is 11.5 Å². The van der Waals surface area contributed by atoms with E-state index >= 15 is 0 Å². The maximum absolute atomic E-state index is 12.8. The van der Waals surface area contributed by atoms with Gasteiger partial charge in [0.2, 0.25) is 5.91 Å². The standard InChI is InChI=1S/C23H24ClNO4/c24-18-7-4-16(5-8-18)19-3-1-12-25(19)23(27)11-9-20(26)17-6-10-21-22(15-17)29-14-2-13-28-21/h4-8,10,15,19H,1-3,9,11-14H2. The van der Waals surface area contributed by atoms with Gasteiger partial charge in [0.1, 0.15) is 0 Å². The second-order valence-corrected chi connectivity index (χ2v) is 7.87. The number of benzene rings is 2. The third kappa shape index (κ3) is 4.56. The molecule has 5 nitrogen and oxygen atoms in total. The zero-order valence-electron chi connectivity index (χ0n) is 16.2. The highest BCUT2D eigenvalue weighted by molar-refractivity contribution is 6.30. The highest BCUT2D eigenvalue weighted by atomic mass is 35.5. The van der Waals surface area contributed by atoms with Crippen LogP contribution in [-0.4, -0.2) is 36.3 Å². The fourth-order valence-electron chi connectivity index (χ4n) is 3.94. The van der Waals surface area contributed by atoms with Gasteiger partial charge < -0.3 is 14.4 Å². The molecule has 0 aliphatic carbocycles. The van der Waals surface area contributed by atoms with E-state index in [2.05, 4.69) is 0 Å². The number of hydrogen-bond acceptors (Lipinski definition) is 4. The molecule has 0 aromatic heterocycles. The molecule has 1 fully saturated rings. The number of hydrogen-bond donors (Lipinski definition) is 0. The van der Waals surface area contributed by atoms with Gasteiger partial charge in [-0.1, -0.05) is 23.7 Å². The fourth-order valence-corrected chi connectivity index (χ4v) is 4.07. The second-order valence-electron chi connectivity index (χ2n) is 7.43. The first-order chi connectivity index (χ1) is 14.1. The SMILES string of the molecule is O=C(CCC(=O)N1CCCC1c1ccc(Cl)cc1)c1ccc2c(c1)OCCCO2. The number of likely N-dealkylation sites (tertiary alicyclic amines) is 1. The average molecular weight is 414 g/mol. The largest absolute Gasteiger partial charge is 0.490 e. The Labute approximate surface area is 175 Å². The van der Waals surface area contributed by atoms with Crippen molar-refractivity contribution >= 4 is 23.3 Å². The lowest BCUT2D eigenvalue weighted by Crippen LogP contribution is -2.30. The molecule has 2 aliphatic rings. The summed E-state index contributed by atoms with van der Waals surface area (Å²) in [6.45, 7) is 1.91. The molecule has 2 heterocycles. The Bertz CT molecular complexity index is 896. The van der Waals surface area contributed by atoms with E-state index in [1.807, 2.05) is 29.2 Å². The third-order valence-electron chi connectivity index (χ3n) is 5.46. The first kappa shape index (κ1) is 19.8. The monoisotopic (exact) mass is 413 g/mol. The van der Waals surface area contributed by atoms with Gasteiger partial charge in [0.05, 0.1) is 19.3 Å². The topological polar surface area (TPSA) is 55.8 Å². The van der Waals surface area contributed by atoms with Crippen LogP contribution in [0.1, 0.15) is 54.1 Å². The van der Waals surface area contributed by atoms with Crippen molar-refractivity contribution in [1.29, 1.82) is 0 Å². The number of halogens is 1. The van der Waals surface area contributed by atoms with Crippen LogP contribution in [-0.2, 0) is 4.79 Å². The van der Waals surface area contributed by atoms with Crippen molar-refractivity contribution in [2.24, 2.45) is 0 Å². The second kappa shape index (κ2) is 8.87. The van der Waals surface area contributed by atoms with Crippen LogP contribution in [0.2, 0.25) is 5.02 Å². The molecule has 2 aromatic rings. The number of carbonyl (C=O) groups is 2. The van der Waals surface area contributed by atoms with Crippen LogP contribution in [0, 0.1) is 0 Å². The van der Waals surface area contributed by atoms with Crippen LogP contribution in [0.15, 0.2) is 42.5 Å². The maximum Gasteiger partial charge on any atom is 0.223 e. The Morgan fingerprint density at radius 1 is 0.966 bits per heavy atom. The molecule has 1 amide bonds. The number of amides is 1. The van der Waals surface area contributed by atoms with Crippen LogP contribution >= 0.6 is 11.6 Å². The molecule has 2 aliphatic heterocycles. The van der Waals surface area contributed by atoms with E-state index in [0.29, 0.717) is 35.3 Å². The number of Topliss-reactive ketones (excluding diaryl/α,β-unsaturated/α-hetero) is 1. The van der Waals surface area contributed by atoms with Gasteiger partial charge in [-0.2, -0.15) is 0 Å². The summed E-state index contributed by atoms with van der Waals surface area (Å²) in [5, 5.41) is 0.686. The minimum atomic E-state index is -0.0590. The number of ether oxygens (including phenoxy) is 2. The molecule has 0 N–H and O–H groups in total. The molecule has 4 rings (SSSR count). The van der Waals surface area contributed by atoms with E-state index in [-0.39, 0.29) is 30.6 Å². The number of rotatable bonds is 5. The smallest absolute Gasteiger partial charge is 0.223 e. The summed E-state index contributed by atoms with van der Waals surface area (Å²) in [4.78, 5) is 27.3. The molecular weight excluding hydrogens is 390 g/mol. The van der Waals surface area contributed by atoms with Gasteiger partial charge in [-0.15, -0.1) is 0 Å². The van der Waals surface area contributed by atoms with Crippen LogP contribution in [0.3, 0.4) is 0 Å². The summed E-state index contributed by atoms with van der Waals surface area (Å²) in [6, 6.07) is 13.0. The molecule has 6 heteroatoms. The van der Waals surface area contributed by atoms with Gasteiger partial charge in [-0.05, 0) is 48.7 Å². The zero-order chi connectivity index (χ0) is 20.2. The number of ketones is 1. The zero-order valence-corrected chi connectivity index (χ0v) is 17.0. The van der Waals surface area contributed by atoms with Gasteiger partial charge in [0.15, 0.2) is 17.3 Å². The molecule has 0 bridgehead atoms. The Morgan fingerprint density at radius 3 is 2.52 bits per heavy atom. The number of carbonyl (C=O) groups excluding carboxylic acids is 2. The van der Waals surface area contributed by atoms with Crippen LogP contribution in [0.25, 0.3) is 0 Å². The highest BCUT2D eigenvalue weighted by Crippen LogP contribution is 2.34. The van der Waals surface area contributed by atoms with E-state index in [0.717, 1.165) is 31.4 Å². The molecule has 0 radical (unpaired) electrons. The summed E-state index contributed by atoms with van der Waals surface area (Å²) in [6.07, 6.45) is 3.11. The van der Waals surface area contributed by atoms with E-state index in [1.54, 1.807) is 18.2 Å². The molecule has 1 unspecified atom stereocenters. The minimum Gasteiger partial charge on any atom is -0.490 e. The molecule has 29 heavy (non-hydrogen) atoms. The molecule has 1 atom stereocenters. The van der Waals surface area contributed by atoms with E-state index < -0.39 is 0 Å². The molecular formula is C23H24ClNO4. The lowest BCUT2D eigenvalue weighted by Gasteiger charge is -2.25. The summed E-state index contributed by atoms with van der Waals surface area (Å²) >= 11 is 5.98. The summed E-state index contributed by atoms with van der Waals surface area (Å²) < 4.78 is 11.3. The minimum absolute atomic E-state index is 0.0187. The number of nitrogens with zero attached hydrogens (tertiary/aromatic N) is 1. The maximum atomic E-state index is 12.8. The Balaban J connectivity index is 1.38. The van der Waals surface area contributed by atoms with Gasteiger partial charge in [-0.3, -0.25) is 9.59 Å². The van der Waals surface area contributed by atoms with Gasteiger partial charge in [-0.25, -0.2) is 0 Å².